The molecule has 1 saturated heterocycles. The zero-order valence-electron chi connectivity index (χ0n) is 30.5. The van der Waals surface area contributed by atoms with Gasteiger partial charge in [-0.15, -0.1) is 5.10 Å². The number of halogens is 4. The summed E-state index contributed by atoms with van der Waals surface area (Å²) < 4.78 is 80.2. The predicted molar refractivity (Wildman–Crippen MR) is 191 cm³/mol. The van der Waals surface area contributed by atoms with Gasteiger partial charge in [-0.25, -0.2) is 24.2 Å². The first kappa shape index (κ1) is 40.1. The first-order chi connectivity index (χ1) is 24.6. The maximum Gasteiger partial charge on any atom is 0.410 e. The van der Waals surface area contributed by atoms with Crippen LogP contribution in [0.5, 0.6) is 5.88 Å². The number of alkyl halides is 3. The highest BCUT2D eigenvalue weighted by Crippen LogP contribution is 2.59. The molecule has 5 rings (SSSR count). The quantitative estimate of drug-likeness (QED) is 0.184. The van der Waals surface area contributed by atoms with Crippen molar-refractivity contribution in [3.05, 3.63) is 53.3 Å². The van der Waals surface area contributed by atoms with E-state index in [1.807, 2.05) is 44.2 Å². The topological polar surface area (TPSA) is 149 Å². The van der Waals surface area contributed by atoms with Gasteiger partial charge in [0.05, 0.1) is 17.6 Å². The number of carbonyl (C=O) groups is 2. The molecule has 1 saturated carbocycles. The van der Waals surface area contributed by atoms with Crippen LogP contribution in [0, 0.1) is 11.3 Å². The number of aromatic nitrogens is 4. The Morgan fingerprint density at radius 3 is 2.45 bits per heavy atom. The molecule has 1 atom stereocenters. The molecule has 0 spiro atoms. The van der Waals surface area contributed by atoms with Crippen molar-refractivity contribution in [2.75, 3.05) is 31.6 Å². The van der Waals surface area contributed by atoms with Crippen LogP contribution in [0.1, 0.15) is 83.5 Å². The number of pyridine rings is 2. The van der Waals surface area contributed by atoms with Gasteiger partial charge in [0.25, 0.3) is 15.9 Å². The van der Waals surface area contributed by atoms with E-state index in [2.05, 4.69) is 15.1 Å². The summed E-state index contributed by atoms with van der Waals surface area (Å²) in [6.07, 6.45) is -0.697. The highest BCUT2D eigenvalue weighted by atomic mass is 35.5. The molecule has 2 amide bonds. The number of ether oxygens (including phenoxy) is 2. The van der Waals surface area contributed by atoms with Crippen LogP contribution < -0.4 is 14.4 Å². The van der Waals surface area contributed by atoms with Gasteiger partial charge in [-0.05, 0) is 103 Å². The van der Waals surface area contributed by atoms with E-state index >= 15 is 0 Å². The van der Waals surface area contributed by atoms with Crippen LogP contribution in [0.2, 0.25) is 5.15 Å². The van der Waals surface area contributed by atoms with Crippen LogP contribution in [0.25, 0.3) is 5.82 Å². The summed E-state index contributed by atoms with van der Waals surface area (Å²) in [6.45, 7) is 10.6. The fourth-order valence-electron chi connectivity index (χ4n) is 6.36. The second-order valence-corrected chi connectivity index (χ2v) is 17.3. The lowest BCUT2D eigenvalue weighted by Gasteiger charge is -2.33. The van der Waals surface area contributed by atoms with E-state index in [1.165, 1.54) is 41.2 Å². The van der Waals surface area contributed by atoms with Crippen LogP contribution in [-0.4, -0.2) is 89.1 Å². The molecule has 1 N–H and O–H groups in total. The van der Waals surface area contributed by atoms with Crippen molar-refractivity contribution in [3.63, 3.8) is 0 Å². The Kier molecular flexibility index (Phi) is 11.3. The van der Waals surface area contributed by atoms with Gasteiger partial charge in [-0.1, -0.05) is 17.7 Å². The number of amides is 2. The van der Waals surface area contributed by atoms with Crippen LogP contribution in [0.4, 0.5) is 23.8 Å². The maximum absolute atomic E-state index is 13.2. The van der Waals surface area contributed by atoms with Crippen molar-refractivity contribution in [1.82, 2.24) is 29.4 Å². The minimum absolute atomic E-state index is 0.0819. The average Bonchev–Trinajstić information content (AvgIpc) is 3.59. The number of nitrogens with one attached hydrogen (secondary N) is 1. The Morgan fingerprint density at radius 2 is 1.81 bits per heavy atom. The van der Waals surface area contributed by atoms with Gasteiger partial charge in [-0.2, -0.15) is 21.6 Å². The maximum atomic E-state index is 13.2. The summed E-state index contributed by atoms with van der Waals surface area (Å²) >= 11 is 6.27. The molecule has 0 aromatic carbocycles. The van der Waals surface area contributed by atoms with Crippen molar-refractivity contribution in [2.45, 2.75) is 95.5 Å². The summed E-state index contributed by atoms with van der Waals surface area (Å²) in [5.41, 5.74) is -2.82. The molecule has 0 radical (unpaired) electrons. The third kappa shape index (κ3) is 9.71. The van der Waals surface area contributed by atoms with Gasteiger partial charge in [0, 0.05) is 37.9 Å². The number of sulfonamides is 1. The lowest BCUT2D eigenvalue weighted by molar-refractivity contribution is -0.190. The molecule has 290 valence electrons. The number of nitrogens with zero attached hydrogens (tertiary/aromatic N) is 6. The first-order valence-corrected chi connectivity index (χ1v) is 19.1. The molecule has 1 aliphatic carbocycles. The second kappa shape index (κ2) is 15.0. The number of rotatable bonds is 13. The zero-order chi connectivity index (χ0) is 39.0. The number of hydrogen-bond acceptors (Lipinski definition) is 10. The van der Waals surface area contributed by atoms with E-state index < -0.39 is 33.1 Å². The van der Waals surface area contributed by atoms with E-state index in [4.69, 9.17) is 21.1 Å². The highest BCUT2D eigenvalue weighted by Gasteiger charge is 2.62. The highest BCUT2D eigenvalue weighted by molar-refractivity contribution is 7.90. The van der Waals surface area contributed by atoms with Gasteiger partial charge in [0.2, 0.25) is 5.88 Å². The fraction of sp³-hybridized carbons (Fsp3) is 0.571. The molecule has 0 bridgehead atoms. The third-order valence-corrected chi connectivity index (χ3v) is 11.0. The Bertz CT molecular complexity index is 1930. The number of likely N-dealkylation sites (tertiary alicyclic amines) is 1. The number of anilines is 1. The Labute approximate surface area is 312 Å². The molecule has 4 heterocycles. The standard InChI is InChI=1S/C35H45ClF3N7O6S/c1-32(2,3)52-31(48)45-22-23(21-33(45,4)5)9-8-18-44(6)25-10-7-11-28(40-25)53(49,50)43-30(47)24-12-13-26(41-29(24)36)46-19-14-27(42-46)51-20-17-34(15-16-34)35(37,38)39/h7,10-14,19,23H,8-9,15-18,20-22H2,1-6H3,(H,43,47). The van der Waals surface area contributed by atoms with Gasteiger partial charge < -0.3 is 19.3 Å². The fourth-order valence-corrected chi connectivity index (χ4v) is 7.52. The van der Waals surface area contributed by atoms with Gasteiger partial charge in [-0.3, -0.25) is 4.79 Å². The minimum Gasteiger partial charge on any atom is -0.477 e. The summed E-state index contributed by atoms with van der Waals surface area (Å²) in [6, 6.07) is 8.57. The minimum atomic E-state index is -4.42. The molecule has 2 fully saturated rings. The molecule has 1 aliphatic heterocycles. The van der Waals surface area contributed by atoms with Gasteiger partial charge in [0.1, 0.15) is 16.6 Å². The van der Waals surface area contributed by atoms with E-state index in [1.54, 1.807) is 18.0 Å². The summed E-state index contributed by atoms with van der Waals surface area (Å²) in [7, 11) is -2.62. The van der Waals surface area contributed by atoms with Crippen molar-refractivity contribution < 1.29 is 40.7 Å². The largest absolute Gasteiger partial charge is 0.477 e. The third-order valence-electron chi connectivity index (χ3n) is 9.45. The summed E-state index contributed by atoms with van der Waals surface area (Å²) in [4.78, 5) is 37.8. The molecule has 18 heteroatoms. The molecule has 1 unspecified atom stereocenters. The number of carbonyl (C=O) groups excluding carboxylic acids is 2. The molecule has 53 heavy (non-hydrogen) atoms. The first-order valence-electron chi connectivity index (χ1n) is 17.3. The Morgan fingerprint density at radius 1 is 1.09 bits per heavy atom. The predicted octanol–water partition coefficient (Wildman–Crippen LogP) is 6.80. The summed E-state index contributed by atoms with van der Waals surface area (Å²) in [5, 5.41) is 3.47. The van der Waals surface area contributed by atoms with Crippen LogP contribution in [0.3, 0.4) is 0 Å². The van der Waals surface area contributed by atoms with Crippen molar-refractivity contribution in [1.29, 1.82) is 0 Å². The Balaban J connectivity index is 1.14. The van der Waals surface area contributed by atoms with E-state index in [-0.39, 0.29) is 70.9 Å². The SMILES string of the molecule is CN(CCCC1CN(C(=O)OC(C)(C)C)C(C)(C)C1)c1cccc(S(=O)(=O)NC(=O)c2ccc(-n3ccc(OCCC4(C(F)(F)F)CC4)n3)nc2Cl)n1. The van der Waals surface area contributed by atoms with Gasteiger partial charge in [0.15, 0.2) is 10.8 Å². The summed E-state index contributed by atoms with van der Waals surface area (Å²) in [5.74, 6) is -0.118. The van der Waals surface area contributed by atoms with Gasteiger partial charge >= 0.3 is 12.3 Å². The van der Waals surface area contributed by atoms with Crippen LogP contribution >= 0.6 is 11.6 Å². The van der Waals surface area contributed by atoms with Crippen molar-refractivity contribution >= 4 is 39.4 Å². The second-order valence-electron chi connectivity index (χ2n) is 15.3. The molecule has 3 aromatic rings. The molecular weight excluding hydrogens is 739 g/mol. The average molecular weight is 784 g/mol. The smallest absolute Gasteiger partial charge is 0.410 e. The molecular formula is C35H45ClF3N7O6S. The van der Waals surface area contributed by atoms with E-state index in [9.17, 15) is 31.2 Å². The van der Waals surface area contributed by atoms with E-state index in [0.717, 1.165) is 19.3 Å². The van der Waals surface area contributed by atoms with Crippen LogP contribution in [0.15, 0.2) is 47.6 Å². The zero-order valence-corrected chi connectivity index (χ0v) is 32.1. The van der Waals surface area contributed by atoms with Crippen molar-refractivity contribution in [2.24, 2.45) is 11.3 Å². The van der Waals surface area contributed by atoms with E-state index in [0.29, 0.717) is 18.9 Å². The monoisotopic (exact) mass is 783 g/mol. The lowest BCUT2D eigenvalue weighted by Crippen LogP contribution is -2.45. The normalized spacial score (nSPS) is 18.1. The molecule has 13 nitrogen and oxygen atoms in total. The Hall–Kier alpha value is -4.12. The molecule has 2 aliphatic rings. The van der Waals surface area contributed by atoms with Crippen molar-refractivity contribution in [3.8, 4) is 11.7 Å². The lowest BCUT2D eigenvalue weighted by atomic mass is 9.93. The number of hydrogen-bond donors (Lipinski definition) is 1. The van der Waals surface area contributed by atoms with Crippen LogP contribution in [-0.2, 0) is 14.8 Å². The molecule has 3 aromatic heterocycles.